The van der Waals surface area contributed by atoms with Gasteiger partial charge in [-0.2, -0.15) is 0 Å². The minimum atomic E-state index is 0.427. The Morgan fingerprint density at radius 1 is 1.33 bits per heavy atom. The molecule has 1 aliphatic heterocycles. The van der Waals surface area contributed by atoms with Crippen molar-refractivity contribution in [2.24, 2.45) is 5.92 Å². The van der Waals surface area contributed by atoms with Gasteiger partial charge in [-0.1, -0.05) is 13.3 Å². The van der Waals surface area contributed by atoms with Gasteiger partial charge in [0, 0.05) is 19.1 Å². The molecule has 1 aliphatic carbocycles. The summed E-state index contributed by atoms with van der Waals surface area (Å²) < 4.78 is 5.60. The first-order chi connectivity index (χ1) is 8.79. The monoisotopic (exact) mass is 254 g/mol. The molecule has 1 saturated heterocycles. The minimum Gasteiger partial charge on any atom is -0.376 e. The molecule has 0 aromatic rings. The van der Waals surface area contributed by atoms with Crippen molar-refractivity contribution in [3.63, 3.8) is 0 Å². The van der Waals surface area contributed by atoms with Crippen molar-refractivity contribution in [3.05, 3.63) is 0 Å². The standard InChI is InChI=1S/C15H30N2O/c1-3-8-16-15-6-4-5-14(15)7-9-17-10-11-18-13(2)12-17/h13-16H,3-12H2,1-2H3. The number of rotatable bonds is 6. The lowest BCUT2D eigenvalue weighted by Crippen LogP contribution is -2.42. The maximum Gasteiger partial charge on any atom is 0.0674 e. The molecule has 2 aliphatic rings. The highest BCUT2D eigenvalue weighted by Gasteiger charge is 2.27. The Morgan fingerprint density at radius 2 is 2.22 bits per heavy atom. The van der Waals surface area contributed by atoms with Crippen molar-refractivity contribution in [2.45, 2.75) is 58.1 Å². The fraction of sp³-hybridized carbons (Fsp3) is 1.00. The van der Waals surface area contributed by atoms with Gasteiger partial charge in [0.1, 0.15) is 0 Å². The van der Waals surface area contributed by atoms with Gasteiger partial charge in [0.2, 0.25) is 0 Å². The molecule has 1 saturated carbocycles. The maximum absolute atomic E-state index is 5.60. The molecule has 0 aromatic carbocycles. The Labute approximate surface area is 112 Å². The van der Waals surface area contributed by atoms with E-state index in [1.807, 2.05) is 0 Å². The molecule has 1 heterocycles. The van der Waals surface area contributed by atoms with Crippen LogP contribution in [0.3, 0.4) is 0 Å². The van der Waals surface area contributed by atoms with Crippen molar-refractivity contribution in [3.8, 4) is 0 Å². The summed E-state index contributed by atoms with van der Waals surface area (Å²) in [5.74, 6) is 0.912. The highest BCUT2D eigenvalue weighted by atomic mass is 16.5. The van der Waals surface area contributed by atoms with Gasteiger partial charge >= 0.3 is 0 Å². The molecular weight excluding hydrogens is 224 g/mol. The van der Waals surface area contributed by atoms with Crippen LogP contribution in [0, 0.1) is 5.92 Å². The van der Waals surface area contributed by atoms with Crippen LogP contribution in [0.5, 0.6) is 0 Å². The summed E-state index contributed by atoms with van der Waals surface area (Å²) in [4.78, 5) is 2.59. The number of hydrogen-bond acceptors (Lipinski definition) is 3. The maximum atomic E-state index is 5.60. The van der Waals surface area contributed by atoms with Gasteiger partial charge in [0.15, 0.2) is 0 Å². The van der Waals surface area contributed by atoms with E-state index in [-0.39, 0.29) is 0 Å². The largest absolute Gasteiger partial charge is 0.376 e. The second-order valence-corrected chi connectivity index (χ2v) is 6.02. The summed E-state index contributed by atoms with van der Waals surface area (Å²) in [6.45, 7) is 10.1. The van der Waals surface area contributed by atoms with Gasteiger partial charge in [0.05, 0.1) is 12.7 Å². The SMILES string of the molecule is CCCNC1CCCC1CCN1CCOC(C)C1. The average molecular weight is 254 g/mol. The molecule has 0 radical (unpaired) electrons. The van der Waals surface area contributed by atoms with E-state index >= 15 is 0 Å². The van der Waals surface area contributed by atoms with Crippen LogP contribution in [0.15, 0.2) is 0 Å². The predicted molar refractivity (Wildman–Crippen MR) is 75.9 cm³/mol. The molecule has 1 N–H and O–H groups in total. The van der Waals surface area contributed by atoms with Crippen LogP contribution in [0.4, 0.5) is 0 Å². The van der Waals surface area contributed by atoms with Crippen LogP contribution < -0.4 is 5.32 Å². The van der Waals surface area contributed by atoms with E-state index < -0.39 is 0 Å². The zero-order valence-corrected chi connectivity index (χ0v) is 12.2. The van der Waals surface area contributed by atoms with Crippen molar-refractivity contribution in [1.29, 1.82) is 0 Å². The second kappa shape index (κ2) is 7.46. The summed E-state index contributed by atoms with van der Waals surface area (Å²) in [6, 6.07) is 0.795. The highest BCUT2D eigenvalue weighted by Crippen LogP contribution is 2.28. The number of ether oxygens (including phenoxy) is 1. The molecule has 3 unspecified atom stereocenters. The summed E-state index contributed by atoms with van der Waals surface area (Å²) in [5.41, 5.74) is 0. The fourth-order valence-corrected chi connectivity index (χ4v) is 3.42. The van der Waals surface area contributed by atoms with E-state index in [1.165, 1.54) is 45.2 Å². The van der Waals surface area contributed by atoms with Gasteiger partial charge < -0.3 is 10.1 Å². The van der Waals surface area contributed by atoms with E-state index in [0.717, 1.165) is 31.7 Å². The Bertz CT molecular complexity index is 235. The zero-order chi connectivity index (χ0) is 12.8. The number of nitrogens with zero attached hydrogens (tertiary/aromatic N) is 1. The summed E-state index contributed by atoms with van der Waals surface area (Å²) in [5, 5.41) is 3.73. The second-order valence-electron chi connectivity index (χ2n) is 6.02. The molecule has 3 nitrogen and oxygen atoms in total. The lowest BCUT2D eigenvalue weighted by molar-refractivity contribution is -0.0199. The van der Waals surface area contributed by atoms with E-state index in [9.17, 15) is 0 Å². The third kappa shape index (κ3) is 4.22. The topological polar surface area (TPSA) is 24.5 Å². The Morgan fingerprint density at radius 3 is 3.00 bits per heavy atom. The molecule has 3 atom stereocenters. The van der Waals surface area contributed by atoms with Crippen LogP contribution in [0.1, 0.15) is 46.0 Å². The van der Waals surface area contributed by atoms with Crippen LogP contribution in [0.2, 0.25) is 0 Å². The number of hydrogen-bond donors (Lipinski definition) is 1. The summed E-state index contributed by atoms with van der Waals surface area (Å²) >= 11 is 0. The molecule has 0 spiro atoms. The molecule has 2 rings (SSSR count). The van der Waals surface area contributed by atoms with Gasteiger partial charge in [-0.3, -0.25) is 4.90 Å². The van der Waals surface area contributed by atoms with Crippen molar-refractivity contribution < 1.29 is 4.74 Å². The van der Waals surface area contributed by atoms with Crippen molar-refractivity contribution in [2.75, 3.05) is 32.8 Å². The normalized spacial score (nSPS) is 34.0. The van der Waals surface area contributed by atoms with Crippen LogP contribution in [-0.4, -0.2) is 49.8 Å². The van der Waals surface area contributed by atoms with E-state index in [2.05, 4.69) is 24.1 Å². The predicted octanol–water partition coefficient (Wildman–Crippen LogP) is 2.27. The van der Waals surface area contributed by atoms with Gasteiger partial charge in [0.25, 0.3) is 0 Å². The summed E-state index contributed by atoms with van der Waals surface area (Å²) in [7, 11) is 0. The third-order valence-electron chi connectivity index (χ3n) is 4.46. The Kier molecular flexibility index (Phi) is 5.93. The van der Waals surface area contributed by atoms with Crippen LogP contribution in [-0.2, 0) is 4.74 Å². The molecule has 106 valence electrons. The average Bonchev–Trinajstić information content (AvgIpc) is 2.81. The highest BCUT2D eigenvalue weighted by molar-refractivity contribution is 4.84. The third-order valence-corrected chi connectivity index (χ3v) is 4.46. The van der Waals surface area contributed by atoms with E-state index in [0.29, 0.717) is 6.10 Å². The zero-order valence-electron chi connectivity index (χ0n) is 12.2. The van der Waals surface area contributed by atoms with Gasteiger partial charge in [-0.25, -0.2) is 0 Å². The fourth-order valence-electron chi connectivity index (χ4n) is 3.42. The molecule has 2 fully saturated rings. The first-order valence-electron chi connectivity index (χ1n) is 7.87. The number of morpholine rings is 1. The first-order valence-corrected chi connectivity index (χ1v) is 7.87. The molecule has 3 heteroatoms. The molecule has 0 aromatic heterocycles. The van der Waals surface area contributed by atoms with Crippen LogP contribution >= 0.6 is 0 Å². The number of nitrogens with one attached hydrogen (secondary N) is 1. The smallest absolute Gasteiger partial charge is 0.0674 e. The molecule has 18 heavy (non-hydrogen) atoms. The minimum absolute atomic E-state index is 0.427. The summed E-state index contributed by atoms with van der Waals surface area (Å²) in [6.07, 6.45) is 7.30. The van der Waals surface area contributed by atoms with Crippen LogP contribution in [0.25, 0.3) is 0 Å². The Hall–Kier alpha value is -0.120. The Balaban J connectivity index is 1.68. The van der Waals surface area contributed by atoms with E-state index in [4.69, 9.17) is 4.74 Å². The van der Waals surface area contributed by atoms with Crippen molar-refractivity contribution >= 4 is 0 Å². The van der Waals surface area contributed by atoms with E-state index in [1.54, 1.807) is 0 Å². The quantitative estimate of drug-likeness (QED) is 0.787. The lowest BCUT2D eigenvalue weighted by Gasteiger charge is -2.32. The van der Waals surface area contributed by atoms with Gasteiger partial charge in [-0.05, 0) is 51.6 Å². The molecule has 0 bridgehead atoms. The van der Waals surface area contributed by atoms with Gasteiger partial charge in [-0.15, -0.1) is 0 Å². The molecule has 0 amide bonds. The first kappa shape index (κ1) is 14.3. The lowest BCUT2D eigenvalue weighted by atomic mass is 9.99. The van der Waals surface area contributed by atoms with Crippen molar-refractivity contribution in [1.82, 2.24) is 10.2 Å². The molecular formula is C15H30N2O.